The van der Waals surface area contributed by atoms with E-state index in [0.717, 1.165) is 18.8 Å². The first kappa shape index (κ1) is 17.6. The lowest BCUT2D eigenvalue weighted by Gasteiger charge is -2.19. The number of carbonyl (C=O) groups is 2. The Morgan fingerprint density at radius 2 is 1.83 bits per heavy atom. The molecule has 6 heteroatoms. The van der Waals surface area contributed by atoms with Gasteiger partial charge in [-0.2, -0.15) is 0 Å². The number of nitrogens with one attached hydrogen (secondary N) is 1. The van der Waals surface area contributed by atoms with Crippen LogP contribution in [-0.2, 0) is 0 Å². The van der Waals surface area contributed by atoms with Gasteiger partial charge in [-0.1, -0.05) is 12.1 Å². The van der Waals surface area contributed by atoms with Crippen molar-refractivity contribution in [2.75, 3.05) is 23.3 Å². The van der Waals surface area contributed by atoms with Gasteiger partial charge in [0.25, 0.3) is 5.91 Å². The van der Waals surface area contributed by atoms with Crippen LogP contribution in [0.15, 0.2) is 30.3 Å². The van der Waals surface area contributed by atoms with Crippen LogP contribution in [0.2, 0.25) is 0 Å². The van der Waals surface area contributed by atoms with Crippen molar-refractivity contribution in [1.82, 2.24) is 9.97 Å². The summed E-state index contributed by atoms with van der Waals surface area (Å²) >= 11 is 0. The van der Waals surface area contributed by atoms with Crippen molar-refractivity contribution in [1.29, 1.82) is 0 Å². The quantitative estimate of drug-likeness (QED) is 0.826. The van der Waals surface area contributed by atoms with E-state index in [-0.39, 0.29) is 11.7 Å². The zero-order chi connectivity index (χ0) is 17.7. The van der Waals surface area contributed by atoms with E-state index in [4.69, 9.17) is 0 Å². The molecule has 0 fully saturated rings. The number of hydrogen-bond donors (Lipinski definition) is 1. The average molecular weight is 326 g/mol. The molecule has 0 aliphatic carbocycles. The van der Waals surface area contributed by atoms with Gasteiger partial charge in [-0.15, -0.1) is 0 Å². The number of benzene rings is 1. The molecular weight excluding hydrogens is 304 g/mol. The van der Waals surface area contributed by atoms with Crippen LogP contribution in [-0.4, -0.2) is 34.7 Å². The molecule has 1 N–H and O–H groups in total. The second-order valence-electron chi connectivity index (χ2n) is 5.46. The van der Waals surface area contributed by atoms with Crippen LogP contribution in [0.1, 0.15) is 47.3 Å². The Hall–Kier alpha value is -2.76. The van der Waals surface area contributed by atoms with Gasteiger partial charge in [0.1, 0.15) is 5.69 Å². The summed E-state index contributed by atoms with van der Waals surface area (Å²) in [5.74, 6) is 0.171. The minimum absolute atomic E-state index is 0.0483. The molecule has 0 aliphatic heterocycles. The second-order valence-corrected chi connectivity index (χ2v) is 5.46. The predicted molar refractivity (Wildman–Crippen MR) is 94.7 cm³/mol. The lowest BCUT2D eigenvalue weighted by Crippen LogP contribution is -2.26. The van der Waals surface area contributed by atoms with Crippen molar-refractivity contribution < 1.29 is 9.59 Å². The predicted octanol–water partition coefficient (Wildman–Crippen LogP) is 3.09. The molecule has 0 saturated carbocycles. The first-order valence-electron chi connectivity index (χ1n) is 7.97. The fraction of sp³-hybridized carbons (Fsp3) is 0.333. The van der Waals surface area contributed by atoms with E-state index >= 15 is 0 Å². The Balaban J connectivity index is 2.26. The largest absolute Gasteiger partial charge is 0.341 e. The van der Waals surface area contributed by atoms with E-state index < -0.39 is 0 Å². The summed E-state index contributed by atoms with van der Waals surface area (Å²) in [5, 5.41) is 2.78. The summed E-state index contributed by atoms with van der Waals surface area (Å²) < 4.78 is 0. The van der Waals surface area contributed by atoms with Crippen LogP contribution >= 0.6 is 0 Å². The molecule has 1 aromatic carbocycles. The highest BCUT2D eigenvalue weighted by Gasteiger charge is 2.14. The van der Waals surface area contributed by atoms with E-state index in [1.165, 1.54) is 6.92 Å². The smallest absolute Gasteiger partial charge is 0.274 e. The Kier molecular flexibility index (Phi) is 5.63. The highest BCUT2D eigenvalue weighted by Crippen LogP contribution is 2.14. The summed E-state index contributed by atoms with van der Waals surface area (Å²) in [6, 6.07) is 8.49. The van der Waals surface area contributed by atoms with Gasteiger partial charge in [0.15, 0.2) is 5.78 Å². The zero-order valence-corrected chi connectivity index (χ0v) is 14.5. The summed E-state index contributed by atoms with van der Waals surface area (Å²) in [5.41, 5.74) is 2.15. The zero-order valence-electron chi connectivity index (χ0n) is 14.5. The average Bonchev–Trinajstić information content (AvgIpc) is 2.55. The molecule has 126 valence electrons. The molecule has 24 heavy (non-hydrogen) atoms. The molecule has 2 aromatic rings. The van der Waals surface area contributed by atoms with E-state index in [0.29, 0.717) is 22.9 Å². The van der Waals surface area contributed by atoms with Crippen LogP contribution in [0.25, 0.3) is 0 Å². The number of hydrogen-bond acceptors (Lipinski definition) is 5. The molecule has 1 aromatic heterocycles. The number of Topliss-reactive ketones (excluding diaryl/α,β-unsaturated/α-hetero) is 1. The van der Waals surface area contributed by atoms with Crippen molar-refractivity contribution in [2.24, 2.45) is 0 Å². The molecule has 6 nitrogen and oxygen atoms in total. The van der Waals surface area contributed by atoms with Gasteiger partial charge in [0.2, 0.25) is 5.95 Å². The number of anilines is 2. The number of amides is 1. The van der Waals surface area contributed by atoms with Gasteiger partial charge in [0.05, 0.1) is 0 Å². The molecule has 1 heterocycles. The highest BCUT2D eigenvalue weighted by atomic mass is 16.2. The molecule has 0 saturated heterocycles. The molecule has 0 spiro atoms. The van der Waals surface area contributed by atoms with Gasteiger partial charge >= 0.3 is 0 Å². The first-order chi connectivity index (χ1) is 11.4. The van der Waals surface area contributed by atoms with Crippen molar-refractivity contribution in [3.8, 4) is 0 Å². The van der Waals surface area contributed by atoms with Crippen LogP contribution in [0, 0.1) is 6.92 Å². The van der Waals surface area contributed by atoms with Gasteiger partial charge < -0.3 is 10.2 Å². The second kappa shape index (κ2) is 7.68. The van der Waals surface area contributed by atoms with Gasteiger partial charge in [-0.05, 0) is 45.9 Å². The number of aromatic nitrogens is 2. The Morgan fingerprint density at radius 1 is 1.12 bits per heavy atom. The van der Waals surface area contributed by atoms with Crippen LogP contribution in [0.4, 0.5) is 11.6 Å². The fourth-order valence-electron chi connectivity index (χ4n) is 2.33. The van der Waals surface area contributed by atoms with Crippen molar-refractivity contribution in [3.05, 3.63) is 47.3 Å². The lowest BCUT2D eigenvalue weighted by molar-refractivity contribution is 0.100. The van der Waals surface area contributed by atoms with Crippen LogP contribution < -0.4 is 10.2 Å². The molecule has 0 aliphatic rings. The van der Waals surface area contributed by atoms with Gasteiger partial charge in [-0.3, -0.25) is 9.59 Å². The topological polar surface area (TPSA) is 75.2 Å². The SMILES string of the molecule is CCN(CC)c1nc(C)cc(C(=O)Nc2cccc(C(C)=O)c2)n1. The van der Waals surface area contributed by atoms with E-state index in [2.05, 4.69) is 15.3 Å². The first-order valence-corrected chi connectivity index (χ1v) is 7.97. The standard InChI is InChI=1S/C18H22N4O2/c1-5-22(6-2)18-19-12(3)10-16(21-18)17(24)20-15-9-7-8-14(11-15)13(4)23/h7-11H,5-6H2,1-4H3,(H,20,24). The maximum Gasteiger partial charge on any atom is 0.274 e. The lowest BCUT2D eigenvalue weighted by atomic mass is 10.1. The van der Waals surface area contributed by atoms with Gasteiger partial charge in [-0.25, -0.2) is 9.97 Å². The minimum atomic E-state index is -0.324. The molecule has 1 amide bonds. The number of ketones is 1. The monoisotopic (exact) mass is 326 g/mol. The van der Waals surface area contributed by atoms with Crippen LogP contribution in [0.3, 0.4) is 0 Å². The summed E-state index contributed by atoms with van der Waals surface area (Å²) in [6.07, 6.45) is 0. The highest BCUT2D eigenvalue weighted by molar-refractivity contribution is 6.04. The molecule has 0 atom stereocenters. The minimum Gasteiger partial charge on any atom is -0.341 e. The Labute approximate surface area is 141 Å². The Morgan fingerprint density at radius 3 is 2.46 bits per heavy atom. The molecular formula is C18H22N4O2. The third-order valence-corrected chi connectivity index (χ3v) is 3.65. The third-order valence-electron chi connectivity index (χ3n) is 3.65. The number of nitrogens with zero attached hydrogens (tertiary/aromatic N) is 3. The number of rotatable bonds is 6. The van der Waals surface area contributed by atoms with Gasteiger partial charge in [0, 0.05) is 30.0 Å². The van der Waals surface area contributed by atoms with Crippen molar-refractivity contribution in [3.63, 3.8) is 0 Å². The number of aryl methyl sites for hydroxylation is 1. The van der Waals surface area contributed by atoms with Crippen molar-refractivity contribution in [2.45, 2.75) is 27.7 Å². The summed E-state index contributed by atoms with van der Waals surface area (Å²) in [4.78, 5) is 34.7. The summed E-state index contributed by atoms with van der Waals surface area (Å²) in [7, 11) is 0. The third kappa shape index (κ3) is 4.16. The molecule has 0 bridgehead atoms. The molecule has 2 rings (SSSR count). The fourth-order valence-corrected chi connectivity index (χ4v) is 2.33. The summed E-state index contributed by atoms with van der Waals surface area (Å²) in [6.45, 7) is 8.89. The maximum atomic E-state index is 12.5. The molecule has 0 radical (unpaired) electrons. The van der Waals surface area contributed by atoms with E-state index in [9.17, 15) is 9.59 Å². The Bertz CT molecular complexity index is 754. The number of carbonyl (C=O) groups excluding carboxylic acids is 2. The van der Waals surface area contributed by atoms with E-state index in [1.54, 1.807) is 30.3 Å². The maximum absolute atomic E-state index is 12.5. The van der Waals surface area contributed by atoms with E-state index in [1.807, 2.05) is 25.7 Å². The molecule has 0 unspecified atom stereocenters. The normalized spacial score (nSPS) is 10.3. The van der Waals surface area contributed by atoms with Crippen molar-refractivity contribution >= 4 is 23.3 Å². The van der Waals surface area contributed by atoms with Crippen LogP contribution in [0.5, 0.6) is 0 Å².